The van der Waals surface area contributed by atoms with Crippen LogP contribution in [-0.4, -0.2) is 17.6 Å². The molecule has 1 aromatic carbocycles. The summed E-state index contributed by atoms with van der Waals surface area (Å²) in [5.41, 5.74) is 2.15. The summed E-state index contributed by atoms with van der Waals surface area (Å²) in [4.78, 5) is 15.5. The normalized spacial score (nSPS) is 10.4. The van der Waals surface area contributed by atoms with Gasteiger partial charge in [-0.05, 0) is 24.6 Å². The topological polar surface area (TPSA) is 67.2 Å². The molecule has 0 atom stereocenters. The minimum atomic E-state index is -0.193. The number of urea groups is 1. The third-order valence-corrected chi connectivity index (χ3v) is 2.40. The van der Waals surface area contributed by atoms with Crippen LogP contribution in [0.3, 0.4) is 0 Å². The number of nitrogens with one attached hydrogen (secondary N) is 2. The Bertz CT molecular complexity index is 507. The van der Waals surface area contributed by atoms with Crippen molar-refractivity contribution in [3.05, 3.63) is 24.6 Å². The Hall–Kier alpha value is -2.04. The molecule has 2 amide bonds. The molecule has 0 aliphatic rings. The van der Waals surface area contributed by atoms with E-state index in [1.807, 2.05) is 0 Å². The van der Waals surface area contributed by atoms with Crippen LogP contribution in [0.2, 0.25) is 0 Å². The molecule has 1 aromatic heterocycles. The second-order valence-corrected chi connectivity index (χ2v) is 3.77. The van der Waals surface area contributed by atoms with Crippen molar-refractivity contribution in [2.75, 3.05) is 11.9 Å². The first-order valence-corrected chi connectivity index (χ1v) is 5.67. The predicted octanol–water partition coefficient (Wildman–Crippen LogP) is 2.75. The number of oxazole rings is 1. The standard InChI is InChI=1S/C12H15N3O2/c1-2-3-6-13-12(16)15-9-4-5-11-10(7-9)14-8-17-11/h4-5,7-8H,2-3,6H2,1H3,(H2,13,15,16). The Labute approximate surface area is 99.2 Å². The molecule has 0 fully saturated rings. The van der Waals surface area contributed by atoms with Crippen molar-refractivity contribution in [3.63, 3.8) is 0 Å². The molecule has 90 valence electrons. The number of rotatable bonds is 4. The van der Waals surface area contributed by atoms with Gasteiger partial charge < -0.3 is 15.1 Å². The molecule has 2 aromatic rings. The zero-order valence-electron chi connectivity index (χ0n) is 9.69. The molecule has 0 aliphatic heterocycles. The summed E-state index contributed by atoms with van der Waals surface area (Å²) in [5, 5.41) is 5.53. The summed E-state index contributed by atoms with van der Waals surface area (Å²) < 4.78 is 5.12. The van der Waals surface area contributed by atoms with Gasteiger partial charge in [-0.3, -0.25) is 0 Å². The van der Waals surface area contributed by atoms with Crippen molar-refractivity contribution in [2.45, 2.75) is 19.8 Å². The van der Waals surface area contributed by atoms with E-state index in [-0.39, 0.29) is 6.03 Å². The number of anilines is 1. The highest BCUT2D eigenvalue weighted by Crippen LogP contribution is 2.17. The predicted molar refractivity (Wildman–Crippen MR) is 65.9 cm³/mol. The van der Waals surface area contributed by atoms with Gasteiger partial charge in [0.2, 0.25) is 0 Å². The number of benzene rings is 1. The van der Waals surface area contributed by atoms with E-state index >= 15 is 0 Å². The number of aromatic nitrogens is 1. The van der Waals surface area contributed by atoms with Gasteiger partial charge in [0.05, 0.1) is 0 Å². The van der Waals surface area contributed by atoms with Gasteiger partial charge in [0.1, 0.15) is 5.52 Å². The summed E-state index contributed by atoms with van der Waals surface area (Å²) >= 11 is 0. The first-order valence-electron chi connectivity index (χ1n) is 5.67. The number of hydrogen-bond acceptors (Lipinski definition) is 3. The fourth-order valence-corrected chi connectivity index (χ4v) is 1.49. The summed E-state index contributed by atoms with van der Waals surface area (Å²) in [6, 6.07) is 5.15. The van der Waals surface area contributed by atoms with E-state index in [0.717, 1.165) is 18.4 Å². The molecular weight excluding hydrogens is 218 g/mol. The third-order valence-electron chi connectivity index (χ3n) is 2.40. The van der Waals surface area contributed by atoms with Crippen LogP contribution in [0.1, 0.15) is 19.8 Å². The molecule has 2 N–H and O–H groups in total. The number of carbonyl (C=O) groups is 1. The Morgan fingerprint density at radius 2 is 2.35 bits per heavy atom. The van der Waals surface area contributed by atoms with Crippen molar-refractivity contribution < 1.29 is 9.21 Å². The monoisotopic (exact) mass is 233 g/mol. The Balaban J connectivity index is 1.95. The van der Waals surface area contributed by atoms with Gasteiger partial charge in [0, 0.05) is 12.2 Å². The molecule has 0 aliphatic carbocycles. The maximum atomic E-state index is 11.5. The smallest absolute Gasteiger partial charge is 0.319 e. The molecule has 0 bridgehead atoms. The lowest BCUT2D eigenvalue weighted by Crippen LogP contribution is -2.29. The van der Waals surface area contributed by atoms with E-state index in [4.69, 9.17) is 4.42 Å². The lowest BCUT2D eigenvalue weighted by molar-refractivity contribution is 0.252. The first kappa shape index (κ1) is 11.4. The first-order chi connectivity index (χ1) is 8.29. The molecule has 17 heavy (non-hydrogen) atoms. The van der Waals surface area contributed by atoms with Gasteiger partial charge >= 0.3 is 6.03 Å². The van der Waals surface area contributed by atoms with Crippen LogP contribution in [0.15, 0.2) is 29.0 Å². The summed E-state index contributed by atoms with van der Waals surface area (Å²) in [7, 11) is 0. The van der Waals surface area contributed by atoms with Crippen LogP contribution < -0.4 is 10.6 Å². The Kier molecular flexibility index (Phi) is 3.59. The van der Waals surface area contributed by atoms with Crippen molar-refractivity contribution in [1.29, 1.82) is 0 Å². The number of fused-ring (bicyclic) bond motifs is 1. The van der Waals surface area contributed by atoms with Gasteiger partial charge in [-0.25, -0.2) is 9.78 Å². The van der Waals surface area contributed by atoms with Crippen molar-refractivity contribution in [2.24, 2.45) is 0 Å². The minimum absolute atomic E-state index is 0.193. The van der Waals surface area contributed by atoms with Crippen LogP contribution in [0.5, 0.6) is 0 Å². The fraction of sp³-hybridized carbons (Fsp3) is 0.333. The van der Waals surface area contributed by atoms with E-state index in [1.54, 1.807) is 18.2 Å². The van der Waals surface area contributed by atoms with Gasteiger partial charge in [0.15, 0.2) is 12.0 Å². The van der Waals surface area contributed by atoms with Crippen LogP contribution >= 0.6 is 0 Å². The van der Waals surface area contributed by atoms with Gasteiger partial charge in [0.25, 0.3) is 0 Å². The lowest BCUT2D eigenvalue weighted by atomic mass is 10.3. The largest absolute Gasteiger partial charge is 0.443 e. The fourth-order valence-electron chi connectivity index (χ4n) is 1.49. The number of nitrogens with zero attached hydrogens (tertiary/aromatic N) is 1. The zero-order valence-corrected chi connectivity index (χ0v) is 9.69. The average molecular weight is 233 g/mol. The molecule has 1 heterocycles. The zero-order chi connectivity index (χ0) is 12.1. The Morgan fingerprint density at radius 3 is 3.18 bits per heavy atom. The number of hydrogen-bond donors (Lipinski definition) is 2. The Morgan fingerprint density at radius 1 is 1.47 bits per heavy atom. The molecule has 0 unspecified atom stereocenters. The van der Waals surface area contributed by atoms with Crippen molar-refractivity contribution in [1.82, 2.24) is 10.3 Å². The highest BCUT2D eigenvalue weighted by molar-refractivity contribution is 5.91. The number of amides is 2. The van der Waals surface area contributed by atoms with Crippen molar-refractivity contribution in [3.8, 4) is 0 Å². The van der Waals surface area contributed by atoms with E-state index in [2.05, 4.69) is 22.5 Å². The second kappa shape index (κ2) is 5.34. The average Bonchev–Trinajstić information content (AvgIpc) is 2.76. The van der Waals surface area contributed by atoms with Crippen LogP contribution in [0, 0.1) is 0 Å². The maximum Gasteiger partial charge on any atom is 0.319 e. The molecule has 0 saturated heterocycles. The molecule has 0 saturated carbocycles. The summed E-state index contributed by atoms with van der Waals surface area (Å²) in [6.45, 7) is 2.77. The maximum absolute atomic E-state index is 11.5. The highest BCUT2D eigenvalue weighted by atomic mass is 16.3. The molecule has 5 nitrogen and oxygen atoms in total. The molecule has 0 radical (unpaired) electrons. The minimum Gasteiger partial charge on any atom is -0.443 e. The number of carbonyl (C=O) groups excluding carboxylic acids is 1. The third kappa shape index (κ3) is 2.96. The van der Waals surface area contributed by atoms with E-state index in [1.165, 1.54) is 6.39 Å². The van der Waals surface area contributed by atoms with Crippen molar-refractivity contribution >= 4 is 22.8 Å². The van der Waals surface area contributed by atoms with Crippen LogP contribution in [0.25, 0.3) is 11.1 Å². The SMILES string of the molecule is CCCCNC(=O)Nc1ccc2ocnc2c1. The number of unbranched alkanes of at least 4 members (excludes halogenated alkanes) is 1. The molecule has 5 heteroatoms. The summed E-state index contributed by atoms with van der Waals surface area (Å²) in [6.07, 6.45) is 3.43. The van der Waals surface area contributed by atoms with Crippen LogP contribution in [-0.2, 0) is 0 Å². The molecule has 0 spiro atoms. The molecular formula is C12H15N3O2. The lowest BCUT2D eigenvalue weighted by Gasteiger charge is -2.06. The van der Waals surface area contributed by atoms with Gasteiger partial charge in [-0.1, -0.05) is 13.3 Å². The molecule has 2 rings (SSSR count). The quantitative estimate of drug-likeness (QED) is 0.798. The van der Waals surface area contributed by atoms with E-state index < -0.39 is 0 Å². The highest BCUT2D eigenvalue weighted by Gasteiger charge is 2.03. The summed E-state index contributed by atoms with van der Waals surface area (Å²) in [5.74, 6) is 0. The van der Waals surface area contributed by atoms with Gasteiger partial charge in [-0.15, -0.1) is 0 Å². The van der Waals surface area contributed by atoms with E-state index in [9.17, 15) is 4.79 Å². The van der Waals surface area contributed by atoms with E-state index in [0.29, 0.717) is 17.8 Å². The van der Waals surface area contributed by atoms with Crippen LogP contribution in [0.4, 0.5) is 10.5 Å². The van der Waals surface area contributed by atoms with Gasteiger partial charge in [-0.2, -0.15) is 0 Å². The second-order valence-electron chi connectivity index (χ2n) is 3.77.